The quantitative estimate of drug-likeness (QED) is 0.524. The number of carbonyl (C=O) groups excluding carboxylic acids is 2. The van der Waals surface area contributed by atoms with Gasteiger partial charge in [-0.2, -0.15) is 9.36 Å². The molecular weight excluding hydrogens is 388 g/mol. The fraction of sp³-hybridized carbons (Fsp3) is 0.588. The molecule has 1 aromatic rings. The van der Waals surface area contributed by atoms with Crippen LogP contribution in [-0.2, 0) is 27.5 Å². The normalized spacial score (nSPS) is 26.3. The molecule has 4 atom stereocenters. The smallest absolute Gasteiger partial charge is 0.311 e. The van der Waals surface area contributed by atoms with E-state index < -0.39 is 41.8 Å². The van der Waals surface area contributed by atoms with Crippen LogP contribution in [0.15, 0.2) is 23.3 Å². The Bertz CT molecular complexity index is 830. The maximum Gasteiger partial charge on any atom is 0.311 e. The van der Waals surface area contributed by atoms with E-state index in [1.807, 2.05) is 9.36 Å². The molecule has 0 aliphatic carbocycles. The first-order valence-corrected chi connectivity index (χ1v) is 9.74. The second-order valence-electron chi connectivity index (χ2n) is 7.14. The zero-order chi connectivity index (χ0) is 20.7. The van der Waals surface area contributed by atoms with Gasteiger partial charge in [-0.1, -0.05) is 6.92 Å². The first-order valence-electron chi connectivity index (χ1n) is 8.86. The highest BCUT2D eigenvalue weighted by molar-refractivity contribution is 8.03. The molecule has 152 valence electrons. The van der Waals surface area contributed by atoms with Gasteiger partial charge in [0, 0.05) is 17.7 Å². The van der Waals surface area contributed by atoms with E-state index in [-0.39, 0.29) is 10.9 Å². The molecule has 0 saturated heterocycles. The van der Waals surface area contributed by atoms with Crippen LogP contribution in [0, 0.1) is 11.8 Å². The zero-order valence-corrected chi connectivity index (χ0v) is 16.5. The predicted molar refractivity (Wildman–Crippen MR) is 94.1 cm³/mol. The fourth-order valence-electron chi connectivity index (χ4n) is 4.05. The van der Waals surface area contributed by atoms with E-state index in [0.717, 1.165) is 4.90 Å². The molecule has 0 unspecified atom stereocenters. The Morgan fingerprint density at radius 2 is 2.11 bits per heavy atom. The minimum Gasteiger partial charge on any atom is -0.543 e. The Morgan fingerprint density at radius 1 is 1.43 bits per heavy atom. The minimum absolute atomic E-state index is 0.00261. The van der Waals surface area contributed by atoms with Crippen LogP contribution in [0.4, 0.5) is 0 Å². The number of amides is 1. The summed E-state index contributed by atoms with van der Waals surface area (Å²) in [5, 5.41) is 31.5. The summed E-state index contributed by atoms with van der Waals surface area (Å²) in [7, 11) is 0. The molecule has 10 nitrogen and oxygen atoms in total. The van der Waals surface area contributed by atoms with Gasteiger partial charge in [0.15, 0.2) is 0 Å². The highest BCUT2D eigenvalue weighted by Crippen LogP contribution is 2.45. The predicted octanol–water partition coefficient (Wildman–Crippen LogP) is -1.80. The lowest BCUT2D eigenvalue weighted by atomic mass is 9.86. The molecule has 2 aliphatic heterocycles. The number of aliphatic hydroxyl groups excluding tert-OH is 1. The number of carboxylic acids is 2. The lowest BCUT2D eigenvalue weighted by molar-refractivity contribution is -0.758. The summed E-state index contributed by atoms with van der Waals surface area (Å²) >= 11 is 1.31. The van der Waals surface area contributed by atoms with Crippen LogP contribution in [-0.4, -0.2) is 60.0 Å². The van der Waals surface area contributed by atoms with Crippen molar-refractivity contribution in [2.45, 2.75) is 51.3 Å². The van der Waals surface area contributed by atoms with Crippen LogP contribution in [0.25, 0.3) is 0 Å². The number of thioether (sulfide) groups is 1. The van der Waals surface area contributed by atoms with E-state index in [4.69, 9.17) is 0 Å². The minimum atomic E-state index is -1.53. The highest BCUT2D eigenvalue weighted by atomic mass is 32.2. The van der Waals surface area contributed by atoms with Crippen molar-refractivity contribution in [1.82, 2.24) is 14.6 Å². The number of aliphatic carboxylic acids is 2. The summed E-state index contributed by atoms with van der Waals surface area (Å²) in [5.74, 6) is -5.34. The summed E-state index contributed by atoms with van der Waals surface area (Å²) in [4.78, 5) is 41.4. The first-order chi connectivity index (χ1) is 13.1. The maximum absolute atomic E-state index is 12.3. The fourth-order valence-corrected chi connectivity index (χ4v) is 5.51. The summed E-state index contributed by atoms with van der Waals surface area (Å²) in [6.07, 6.45) is 2.07. The number of rotatable bonds is 6. The van der Waals surface area contributed by atoms with E-state index in [2.05, 4.69) is 4.98 Å². The molecule has 3 rings (SSSR count). The molecule has 1 aromatic heterocycles. The molecule has 2 aliphatic rings. The first kappa shape index (κ1) is 20.3. The van der Waals surface area contributed by atoms with Gasteiger partial charge in [-0.3, -0.25) is 9.59 Å². The molecule has 0 radical (unpaired) electrons. The SMILES string of the molecule is CC(=O)N1C(C(=O)[O-])=C(SC2Cn3cnc[n+]3C2)[C@H](C)[C@@H]1[C@H](C(=O)O)[C@@H](C)O. The molecule has 0 bridgehead atoms. The van der Waals surface area contributed by atoms with Gasteiger partial charge in [0.1, 0.15) is 12.5 Å². The van der Waals surface area contributed by atoms with Crippen molar-refractivity contribution in [1.29, 1.82) is 0 Å². The third kappa shape index (κ3) is 3.39. The molecule has 0 saturated carbocycles. The summed E-state index contributed by atoms with van der Waals surface area (Å²) in [5.41, 5.74) is -0.304. The molecule has 11 heteroatoms. The van der Waals surface area contributed by atoms with Gasteiger partial charge in [0.2, 0.25) is 12.2 Å². The Morgan fingerprint density at radius 3 is 2.61 bits per heavy atom. The molecule has 0 fully saturated rings. The number of hydrogen-bond acceptors (Lipinski definition) is 7. The number of fused-ring (bicyclic) bond motifs is 1. The Hall–Kier alpha value is -2.40. The van der Waals surface area contributed by atoms with Crippen molar-refractivity contribution in [3.63, 3.8) is 0 Å². The lowest BCUT2D eigenvalue weighted by Gasteiger charge is -2.34. The van der Waals surface area contributed by atoms with Crippen molar-refractivity contribution in [3.05, 3.63) is 23.3 Å². The van der Waals surface area contributed by atoms with Gasteiger partial charge in [-0.15, -0.1) is 11.8 Å². The van der Waals surface area contributed by atoms with Gasteiger partial charge in [-0.05, 0) is 11.9 Å². The average Bonchev–Trinajstić information content (AvgIpc) is 3.21. The molecule has 0 aromatic carbocycles. The molecule has 2 N–H and O–H groups in total. The van der Waals surface area contributed by atoms with Crippen molar-refractivity contribution in [3.8, 4) is 0 Å². The summed E-state index contributed by atoms with van der Waals surface area (Å²) in [6.45, 7) is 5.39. The van der Waals surface area contributed by atoms with Crippen molar-refractivity contribution in [2.75, 3.05) is 0 Å². The lowest BCUT2D eigenvalue weighted by Crippen LogP contribution is -2.50. The maximum atomic E-state index is 12.3. The summed E-state index contributed by atoms with van der Waals surface area (Å²) < 4.78 is 3.79. The Kier molecular flexibility index (Phi) is 5.48. The molecular formula is C17H22N4O6S. The number of hydrogen-bond donors (Lipinski definition) is 2. The molecule has 3 heterocycles. The summed E-state index contributed by atoms with van der Waals surface area (Å²) in [6, 6.07) is -1.01. The van der Waals surface area contributed by atoms with Crippen molar-refractivity contribution < 1.29 is 34.4 Å². The Balaban J connectivity index is 1.98. The van der Waals surface area contributed by atoms with Crippen LogP contribution in [0.5, 0.6) is 0 Å². The highest BCUT2D eigenvalue weighted by Gasteiger charge is 2.49. The topological polar surface area (TPSA) is 140 Å². The number of aliphatic hydroxyl groups is 1. The van der Waals surface area contributed by atoms with Crippen LogP contribution >= 0.6 is 11.8 Å². The van der Waals surface area contributed by atoms with E-state index in [1.165, 1.54) is 25.6 Å². The van der Waals surface area contributed by atoms with Gasteiger partial charge in [-0.25, -0.2) is 0 Å². The van der Waals surface area contributed by atoms with Crippen LogP contribution in [0.2, 0.25) is 0 Å². The van der Waals surface area contributed by atoms with Crippen LogP contribution < -0.4 is 9.79 Å². The van der Waals surface area contributed by atoms with Gasteiger partial charge >= 0.3 is 12.3 Å². The van der Waals surface area contributed by atoms with Gasteiger partial charge in [0.05, 0.1) is 35.6 Å². The monoisotopic (exact) mass is 410 g/mol. The van der Waals surface area contributed by atoms with E-state index in [1.54, 1.807) is 19.6 Å². The van der Waals surface area contributed by atoms with E-state index >= 15 is 0 Å². The largest absolute Gasteiger partial charge is 0.543 e. The number of carbonyl (C=O) groups is 3. The molecule has 0 spiro atoms. The number of aromatic nitrogens is 3. The second-order valence-corrected chi connectivity index (χ2v) is 8.48. The number of carboxylic acid groups (broad SMARTS) is 2. The third-order valence-corrected chi connectivity index (χ3v) is 6.66. The van der Waals surface area contributed by atoms with Gasteiger partial charge < -0.3 is 25.0 Å². The van der Waals surface area contributed by atoms with Crippen LogP contribution in [0.1, 0.15) is 20.8 Å². The zero-order valence-electron chi connectivity index (χ0n) is 15.7. The number of nitrogens with zero attached hydrogens (tertiary/aromatic N) is 4. The standard InChI is InChI=1S/C17H22N4O6S/c1-8-13(12(9(2)22)16(24)25)21(10(3)23)14(17(26)27)15(8)28-11-4-19-6-18-7-20(19)5-11/h6-9,11-13,22H,4-5H2,1-3H3,(H-,24,25,26,27)/t8-,9-,12-,13-/m1/s1. The average molecular weight is 410 g/mol. The van der Waals surface area contributed by atoms with E-state index in [0.29, 0.717) is 18.0 Å². The molecule has 28 heavy (non-hydrogen) atoms. The van der Waals surface area contributed by atoms with E-state index in [9.17, 15) is 29.7 Å². The van der Waals surface area contributed by atoms with Crippen molar-refractivity contribution in [2.24, 2.45) is 11.8 Å². The third-order valence-electron chi connectivity index (χ3n) is 5.21. The van der Waals surface area contributed by atoms with Gasteiger partial charge in [0.25, 0.3) is 0 Å². The second kappa shape index (κ2) is 7.55. The van der Waals surface area contributed by atoms with Crippen LogP contribution in [0.3, 0.4) is 0 Å². The Labute approximate surface area is 165 Å². The molecule has 1 amide bonds. The van der Waals surface area contributed by atoms with Crippen molar-refractivity contribution >= 4 is 29.6 Å².